The minimum Gasteiger partial charge on any atom is -0.339 e. The number of hydrogen-bond donors (Lipinski definition) is 0. The first kappa shape index (κ1) is 17.4. The molecule has 0 atom stereocenters. The first-order valence-corrected chi connectivity index (χ1v) is 8.61. The predicted octanol–water partition coefficient (Wildman–Crippen LogP) is 3.19. The summed E-state index contributed by atoms with van der Waals surface area (Å²) in [6.07, 6.45) is 0. The summed E-state index contributed by atoms with van der Waals surface area (Å²) < 4.78 is 6.43. The van der Waals surface area contributed by atoms with Crippen molar-refractivity contribution in [1.82, 2.24) is 19.9 Å². The molecule has 0 spiro atoms. The quantitative estimate of drug-likeness (QED) is 0.548. The number of aryl methyl sites for hydroxylation is 1. The molecule has 0 saturated heterocycles. The minimum absolute atomic E-state index is 0.207. The zero-order chi connectivity index (χ0) is 19.5. The molecule has 0 bridgehead atoms. The lowest BCUT2D eigenvalue weighted by atomic mass is 10.1. The van der Waals surface area contributed by atoms with Crippen LogP contribution in [0, 0.1) is 18.3 Å². The van der Waals surface area contributed by atoms with Crippen molar-refractivity contribution in [2.45, 2.75) is 13.5 Å². The molecule has 28 heavy (non-hydrogen) atoms. The first-order chi connectivity index (χ1) is 13.6. The maximum absolute atomic E-state index is 12.3. The third-order valence-corrected chi connectivity index (χ3v) is 4.20. The van der Waals surface area contributed by atoms with Gasteiger partial charge < -0.3 is 4.52 Å². The van der Waals surface area contributed by atoms with Crippen LogP contribution in [0.15, 0.2) is 70.0 Å². The highest BCUT2D eigenvalue weighted by atomic mass is 16.5. The molecule has 136 valence electrons. The lowest BCUT2D eigenvalue weighted by Gasteiger charge is -2.08. The van der Waals surface area contributed by atoms with Gasteiger partial charge in [0.05, 0.1) is 23.9 Å². The molecule has 0 fully saturated rings. The van der Waals surface area contributed by atoms with Crippen LogP contribution in [-0.4, -0.2) is 19.9 Å². The van der Waals surface area contributed by atoms with Gasteiger partial charge in [-0.25, -0.2) is 4.68 Å². The van der Waals surface area contributed by atoms with Gasteiger partial charge in [0.1, 0.15) is 0 Å². The van der Waals surface area contributed by atoms with Gasteiger partial charge in [-0.15, -0.1) is 0 Å². The van der Waals surface area contributed by atoms with Crippen molar-refractivity contribution < 1.29 is 4.52 Å². The highest BCUT2D eigenvalue weighted by Crippen LogP contribution is 2.19. The molecule has 4 aromatic rings. The Hall–Kier alpha value is -4.05. The van der Waals surface area contributed by atoms with Gasteiger partial charge in [0, 0.05) is 24.1 Å². The molecule has 2 heterocycles. The van der Waals surface area contributed by atoms with E-state index in [4.69, 9.17) is 9.78 Å². The van der Waals surface area contributed by atoms with Gasteiger partial charge in [-0.05, 0) is 29.8 Å². The zero-order valence-corrected chi connectivity index (χ0v) is 15.0. The topological polar surface area (TPSA) is 97.6 Å². The summed E-state index contributed by atoms with van der Waals surface area (Å²) in [5.41, 5.74) is 3.43. The average molecular weight is 369 g/mol. The average Bonchev–Trinajstić information content (AvgIpc) is 3.16. The SMILES string of the molecule is Cc1nc(-c2cccc(Cn3nc(-c4cccc(C#N)c4)ccc3=O)c2)no1. The second-order valence-corrected chi connectivity index (χ2v) is 6.24. The van der Waals surface area contributed by atoms with Crippen molar-refractivity contribution in [3.8, 4) is 28.7 Å². The lowest BCUT2D eigenvalue weighted by molar-refractivity contribution is 0.394. The Balaban J connectivity index is 1.67. The second-order valence-electron chi connectivity index (χ2n) is 6.24. The Bertz CT molecular complexity index is 1250. The first-order valence-electron chi connectivity index (χ1n) is 8.61. The fourth-order valence-electron chi connectivity index (χ4n) is 2.86. The van der Waals surface area contributed by atoms with Crippen LogP contribution in [0.5, 0.6) is 0 Å². The highest BCUT2D eigenvalue weighted by Gasteiger charge is 2.09. The molecule has 7 heteroatoms. The zero-order valence-electron chi connectivity index (χ0n) is 15.0. The van der Waals surface area contributed by atoms with E-state index in [1.807, 2.05) is 30.3 Å². The molecule has 0 aliphatic heterocycles. The molecule has 0 aliphatic carbocycles. The van der Waals surface area contributed by atoms with E-state index in [0.29, 0.717) is 29.5 Å². The third-order valence-electron chi connectivity index (χ3n) is 4.20. The van der Waals surface area contributed by atoms with E-state index in [0.717, 1.165) is 16.7 Å². The van der Waals surface area contributed by atoms with Crippen LogP contribution in [0.2, 0.25) is 0 Å². The Morgan fingerprint density at radius 2 is 1.89 bits per heavy atom. The van der Waals surface area contributed by atoms with Crippen LogP contribution in [0.4, 0.5) is 0 Å². The van der Waals surface area contributed by atoms with Gasteiger partial charge in [-0.3, -0.25) is 4.79 Å². The van der Waals surface area contributed by atoms with Gasteiger partial charge in [0.2, 0.25) is 11.7 Å². The van der Waals surface area contributed by atoms with Crippen molar-refractivity contribution in [2.24, 2.45) is 0 Å². The molecule has 0 unspecified atom stereocenters. The number of hydrogen-bond acceptors (Lipinski definition) is 6. The summed E-state index contributed by atoms with van der Waals surface area (Å²) in [4.78, 5) is 16.5. The fraction of sp³-hybridized carbons (Fsp3) is 0.0952. The van der Waals surface area contributed by atoms with Crippen LogP contribution < -0.4 is 5.56 Å². The van der Waals surface area contributed by atoms with Crippen molar-refractivity contribution in [1.29, 1.82) is 5.26 Å². The molecule has 4 rings (SSSR count). The molecule has 2 aromatic heterocycles. The van der Waals surface area contributed by atoms with E-state index >= 15 is 0 Å². The van der Waals surface area contributed by atoms with E-state index in [9.17, 15) is 4.79 Å². The normalized spacial score (nSPS) is 10.6. The van der Waals surface area contributed by atoms with Gasteiger partial charge in [0.15, 0.2) is 0 Å². The van der Waals surface area contributed by atoms with E-state index in [1.54, 1.807) is 31.2 Å². The summed E-state index contributed by atoms with van der Waals surface area (Å²) >= 11 is 0. The van der Waals surface area contributed by atoms with E-state index in [1.165, 1.54) is 10.7 Å². The summed E-state index contributed by atoms with van der Waals surface area (Å²) in [6, 6.07) is 19.9. The Morgan fingerprint density at radius 1 is 1.07 bits per heavy atom. The number of aromatic nitrogens is 4. The maximum Gasteiger partial charge on any atom is 0.267 e. The van der Waals surface area contributed by atoms with Gasteiger partial charge >= 0.3 is 0 Å². The molecule has 0 saturated carbocycles. The number of nitriles is 1. The molecule has 2 aromatic carbocycles. The Kier molecular flexibility index (Phi) is 4.52. The van der Waals surface area contributed by atoms with Gasteiger partial charge in [-0.2, -0.15) is 15.3 Å². The van der Waals surface area contributed by atoms with Crippen LogP contribution >= 0.6 is 0 Å². The van der Waals surface area contributed by atoms with Crippen LogP contribution in [0.25, 0.3) is 22.6 Å². The lowest BCUT2D eigenvalue weighted by Crippen LogP contribution is -2.22. The summed E-state index contributed by atoms with van der Waals surface area (Å²) in [5.74, 6) is 0.993. The number of benzene rings is 2. The van der Waals surface area contributed by atoms with Crippen LogP contribution in [0.1, 0.15) is 17.0 Å². The van der Waals surface area contributed by atoms with Crippen LogP contribution in [-0.2, 0) is 6.54 Å². The van der Waals surface area contributed by atoms with E-state index in [-0.39, 0.29) is 5.56 Å². The standard InChI is InChI=1S/C21H15N5O2/c1-14-23-21(25-28-14)18-7-3-5-16(11-18)13-26-20(27)9-8-19(24-26)17-6-2-4-15(10-17)12-22/h2-11H,13H2,1H3. The largest absolute Gasteiger partial charge is 0.339 e. The third kappa shape index (κ3) is 3.57. The van der Waals surface area contributed by atoms with Gasteiger partial charge in [-0.1, -0.05) is 35.5 Å². The van der Waals surface area contributed by atoms with E-state index < -0.39 is 0 Å². The molecule has 0 N–H and O–H groups in total. The monoisotopic (exact) mass is 369 g/mol. The Morgan fingerprint density at radius 3 is 2.68 bits per heavy atom. The highest BCUT2D eigenvalue weighted by molar-refractivity contribution is 5.60. The maximum atomic E-state index is 12.3. The summed E-state index contributed by atoms with van der Waals surface area (Å²) in [5, 5.41) is 17.5. The van der Waals surface area contributed by atoms with Gasteiger partial charge in [0.25, 0.3) is 5.56 Å². The summed E-state index contributed by atoms with van der Waals surface area (Å²) in [7, 11) is 0. The minimum atomic E-state index is -0.207. The van der Waals surface area contributed by atoms with Crippen molar-refractivity contribution >= 4 is 0 Å². The fourth-order valence-corrected chi connectivity index (χ4v) is 2.86. The molecular formula is C21H15N5O2. The summed E-state index contributed by atoms with van der Waals surface area (Å²) in [6.45, 7) is 2.03. The van der Waals surface area contributed by atoms with Crippen molar-refractivity contribution in [2.75, 3.05) is 0 Å². The number of nitrogens with zero attached hydrogens (tertiary/aromatic N) is 5. The van der Waals surface area contributed by atoms with Crippen molar-refractivity contribution in [3.05, 3.63) is 88.0 Å². The molecule has 0 amide bonds. The predicted molar refractivity (Wildman–Crippen MR) is 102 cm³/mol. The second kappa shape index (κ2) is 7.29. The van der Waals surface area contributed by atoms with E-state index in [2.05, 4.69) is 21.3 Å². The molecule has 7 nitrogen and oxygen atoms in total. The molecule has 0 aliphatic rings. The molecule has 0 radical (unpaired) electrons. The Labute approximate surface area is 160 Å². The van der Waals surface area contributed by atoms with Crippen molar-refractivity contribution in [3.63, 3.8) is 0 Å². The van der Waals surface area contributed by atoms with Crippen LogP contribution in [0.3, 0.4) is 0 Å². The smallest absolute Gasteiger partial charge is 0.267 e. The number of rotatable bonds is 4. The molecular weight excluding hydrogens is 354 g/mol.